The summed E-state index contributed by atoms with van der Waals surface area (Å²) in [4.78, 5) is 0. The first-order valence-electron chi connectivity index (χ1n) is 11.7. The Kier molecular flexibility index (Phi) is 6.77. The van der Waals surface area contributed by atoms with E-state index >= 15 is 0 Å². The summed E-state index contributed by atoms with van der Waals surface area (Å²) in [5.74, 6) is -0.256. The van der Waals surface area contributed by atoms with Crippen molar-refractivity contribution in [2.45, 2.75) is 20.2 Å². The quantitative estimate of drug-likeness (QED) is 0.139. The van der Waals surface area contributed by atoms with Crippen LogP contribution in [0.3, 0.4) is 0 Å². The van der Waals surface area contributed by atoms with E-state index in [0.717, 1.165) is 49.7 Å². The molecule has 5 nitrogen and oxygen atoms in total. The molecule has 0 spiro atoms. The summed E-state index contributed by atoms with van der Waals surface area (Å²) in [5, 5.41) is 11.0. The van der Waals surface area contributed by atoms with Crippen LogP contribution in [-0.2, 0) is 0 Å². The maximum absolute atomic E-state index is 12.5. The van der Waals surface area contributed by atoms with Gasteiger partial charge in [0.2, 0.25) is 0 Å². The largest absolute Gasteiger partial charge is 0.573 e. The lowest BCUT2D eigenvalue weighted by Crippen LogP contribution is -2.24. The minimum Gasteiger partial charge on any atom is -0.406 e. The third-order valence-corrected chi connectivity index (χ3v) is 6.35. The highest BCUT2D eigenvalue weighted by Crippen LogP contribution is 2.30. The molecule has 0 fully saturated rings. The molecule has 0 amide bonds. The number of anilines is 1. The maximum Gasteiger partial charge on any atom is 0.573 e. The molecular formula is C29H23F3N4OS. The van der Waals surface area contributed by atoms with Crippen molar-refractivity contribution in [3.63, 3.8) is 0 Å². The van der Waals surface area contributed by atoms with Gasteiger partial charge in [-0.15, -0.1) is 13.2 Å². The first-order valence-corrected chi connectivity index (χ1v) is 12.1. The number of hydrogen-bond donors (Lipinski definition) is 2. The van der Waals surface area contributed by atoms with Crippen molar-refractivity contribution in [2.75, 3.05) is 5.32 Å². The van der Waals surface area contributed by atoms with Crippen molar-refractivity contribution in [2.24, 2.45) is 5.10 Å². The zero-order chi connectivity index (χ0) is 26.9. The fraction of sp³-hybridized carbons (Fsp3) is 0.103. The summed E-state index contributed by atoms with van der Waals surface area (Å²) >= 11 is 5.38. The van der Waals surface area contributed by atoms with Crippen LogP contribution >= 0.6 is 12.2 Å². The first-order chi connectivity index (χ1) is 18.2. The van der Waals surface area contributed by atoms with Crippen molar-refractivity contribution in [3.8, 4) is 11.4 Å². The van der Waals surface area contributed by atoms with Gasteiger partial charge >= 0.3 is 6.36 Å². The monoisotopic (exact) mass is 532 g/mol. The third-order valence-electron chi connectivity index (χ3n) is 6.16. The number of thiocarbonyl (C=S) groups is 1. The van der Waals surface area contributed by atoms with Gasteiger partial charge in [0.1, 0.15) is 5.75 Å². The van der Waals surface area contributed by atoms with Gasteiger partial charge in [-0.25, -0.2) is 0 Å². The summed E-state index contributed by atoms with van der Waals surface area (Å²) in [7, 11) is 0. The molecule has 5 aromatic rings. The molecule has 1 aromatic heterocycles. The molecule has 0 saturated carbocycles. The van der Waals surface area contributed by atoms with Gasteiger partial charge in [-0.05, 0) is 96.0 Å². The number of benzene rings is 4. The van der Waals surface area contributed by atoms with E-state index in [1.807, 2.05) is 79.2 Å². The van der Waals surface area contributed by atoms with E-state index in [1.54, 1.807) is 18.3 Å². The van der Waals surface area contributed by atoms with Gasteiger partial charge < -0.3 is 14.6 Å². The van der Waals surface area contributed by atoms with Gasteiger partial charge in [0.15, 0.2) is 5.11 Å². The smallest absolute Gasteiger partial charge is 0.406 e. The lowest BCUT2D eigenvalue weighted by atomic mass is 10.0. The highest BCUT2D eigenvalue weighted by molar-refractivity contribution is 7.80. The molecule has 38 heavy (non-hydrogen) atoms. The number of rotatable bonds is 5. The SMILES string of the molecule is Cc1cccc(C)c1NC(=S)N/N=C/c1ccc2c(ccc3c2ccn3-c2ccc(OC(F)(F)F)cc2)c1. The van der Waals surface area contributed by atoms with Gasteiger partial charge in [-0.3, -0.25) is 5.43 Å². The minimum atomic E-state index is -4.72. The molecule has 0 aliphatic heterocycles. The number of alkyl halides is 3. The van der Waals surface area contributed by atoms with Gasteiger partial charge in [0.05, 0.1) is 11.7 Å². The predicted octanol–water partition coefficient (Wildman–Crippen LogP) is 7.62. The first kappa shape index (κ1) is 25.3. The van der Waals surface area contributed by atoms with Crippen LogP contribution in [-0.4, -0.2) is 22.3 Å². The number of para-hydroxylation sites is 1. The van der Waals surface area contributed by atoms with Crippen molar-refractivity contribution in [3.05, 3.63) is 102 Å². The Morgan fingerprint density at radius 1 is 0.921 bits per heavy atom. The number of hydrogen-bond acceptors (Lipinski definition) is 3. The summed E-state index contributed by atoms with van der Waals surface area (Å²) in [5.41, 5.74) is 8.60. The van der Waals surface area contributed by atoms with Crippen LogP contribution in [0.1, 0.15) is 16.7 Å². The fourth-order valence-electron chi connectivity index (χ4n) is 4.41. The van der Waals surface area contributed by atoms with Gasteiger partial charge in [0, 0.05) is 23.0 Å². The third kappa shape index (κ3) is 5.47. The van der Waals surface area contributed by atoms with E-state index in [9.17, 15) is 13.2 Å². The number of fused-ring (bicyclic) bond motifs is 3. The minimum absolute atomic E-state index is 0.256. The summed E-state index contributed by atoms with van der Waals surface area (Å²) < 4.78 is 43.3. The number of ether oxygens (including phenoxy) is 1. The maximum atomic E-state index is 12.5. The van der Waals surface area contributed by atoms with Gasteiger partial charge in [-0.1, -0.05) is 36.4 Å². The molecular weight excluding hydrogens is 509 g/mol. The lowest BCUT2D eigenvalue weighted by molar-refractivity contribution is -0.274. The Morgan fingerprint density at radius 3 is 2.37 bits per heavy atom. The van der Waals surface area contributed by atoms with Crippen LogP contribution in [0.5, 0.6) is 5.75 Å². The van der Waals surface area contributed by atoms with E-state index in [2.05, 4.69) is 20.6 Å². The van der Waals surface area contributed by atoms with Crippen LogP contribution in [0.25, 0.3) is 27.4 Å². The Morgan fingerprint density at radius 2 is 1.66 bits per heavy atom. The van der Waals surface area contributed by atoms with Crippen LogP contribution in [0.2, 0.25) is 0 Å². The van der Waals surface area contributed by atoms with Crippen LogP contribution in [0, 0.1) is 13.8 Å². The summed E-state index contributed by atoms with van der Waals surface area (Å²) in [6.45, 7) is 4.04. The molecule has 0 bridgehead atoms. The van der Waals surface area contributed by atoms with E-state index in [1.165, 1.54) is 12.1 Å². The average Bonchev–Trinajstić information content (AvgIpc) is 3.30. The molecule has 0 radical (unpaired) electrons. The number of nitrogens with zero attached hydrogens (tertiary/aromatic N) is 2. The molecule has 192 valence electrons. The van der Waals surface area contributed by atoms with E-state index in [4.69, 9.17) is 12.2 Å². The molecule has 4 aromatic carbocycles. The standard InChI is InChI=1S/C29H23F3N4OS/c1-18-4-3-5-19(2)27(18)34-28(38)35-33-17-20-6-12-24-21(16-20)7-13-26-25(24)14-15-36(26)22-8-10-23(11-9-22)37-29(30,31)32/h3-17H,1-2H3,(H2,34,35,38)/b33-17+. The Hall–Kier alpha value is -4.37. The number of nitrogens with one attached hydrogen (secondary N) is 2. The molecule has 0 saturated heterocycles. The fourth-order valence-corrected chi connectivity index (χ4v) is 4.56. The van der Waals surface area contributed by atoms with Crippen LogP contribution in [0.15, 0.2) is 90.2 Å². The Balaban J connectivity index is 1.32. The normalized spacial score (nSPS) is 11.8. The molecule has 0 aliphatic carbocycles. The second-order valence-electron chi connectivity index (χ2n) is 8.80. The topological polar surface area (TPSA) is 50.6 Å². The predicted molar refractivity (Wildman–Crippen MR) is 150 cm³/mol. The van der Waals surface area contributed by atoms with Crippen molar-refractivity contribution < 1.29 is 17.9 Å². The average molecular weight is 533 g/mol. The Bertz CT molecular complexity index is 1650. The number of aryl methyl sites for hydroxylation is 2. The molecule has 0 unspecified atom stereocenters. The molecule has 0 aliphatic rings. The second-order valence-corrected chi connectivity index (χ2v) is 9.21. The van der Waals surface area contributed by atoms with E-state index in [-0.39, 0.29) is 5.75 Å². The lowest BCUT2D eigenvalue weighted by Gasteiger charge is -2.12. The van der Waals surface area contributed by atoms with E-state index in [0.29, 0.717) is 5.11 Å². The number of halogens is 3. The summed E-state index contributed by atoms with van der Waals surface area (Å²) in [6.07, 6.45) is -1.12. The van der Waals surface area contributed by atoms with Crippen LogP contribution < -0.4 is 15.5 Å². The zero-order valence-electron chi connectivity index (χ0n) is 20.5. The molecule has 1 heterocycles. The van der Waals surface area contributed by atoms with Crippen LogP contribution in [0.4, 0.5) is 18.9 Å². The molecule has 5 rings (SSSR count). The summed E-state index contributed by atoms with van der Waals surface area (Å²) in [6, 6.07) is 23.8. The number of hydrazone groups is 1. The van der Waals surface area contributed by atoms with Crippen molar-refractivity contribution in [1.82, 2.24) is 9.99 Å². The zero-order valence-corrected chi connectivity index (χ0v) is 21.3. The molecule has 2 N–H and O–H groups in total. The Labute approximate surface area is 222 Å². The number of aromatic nitrogens is 1. The van der Waals surface area contributed by atoms with Gasteiger partial charge in [0.25, 0.3) is 0 Å². The van der Waals surface area contributed by atoms with Crippen molar-refractivity contribution in [1.29, 1.82) is 0 Å². The highest BCUT2D eigenvalue weighted by atomic mass is 32.1. The van der Waals surface area contributed by atoms with Gasteiger partial charge in [-0.2, -0.15) is 5.10 Å². The van der Waals surface area contributed by atoms with Crippen molar-refractivity contribution >= 4 is 50.9 Å². The molecule has 0 atom stereocenters. The highest BCUT2D eigenvalue weighted by Gasteiger charge is 2.31. The van der Waals surface area contributed by atoms with E-state index < -0.39 is 6.36 Å². The molecule has 9 heteroatoms. The second kappa shape index (κ2) is 10.2.